The fourth-order valence-corrected chi connectivity index (χ4v) is 2.56. The number of benzene rings is 2. The highest BCUT2D eigenvalue weighted by Gasteiger charge is 2.13. The summed E-state index contributed by atoms with van der Waals surface area (Å²) in [4.78, 5) is 0. The lowest BCUT2D eigenvalue weighted by atomic mass is 9.97. The Balaban J connectivity index is 2.51. The van der Waals surface area contributed by atoms with E-state index in [2.05, 4.69) is 33.1 Å². The van der Waals surface area contributed by atoms with Gasteiger partial charge in [-0.2, -0.15) is 0 Å². The third kappa shape index (κ3) is 4.51. The van der Waals surface area contributed by atoms with E-state index in [0.717, 1.165) is 40.8 Å². The summed E-state index contributed by atoms with van der Waals surface area (Å²) >= 11 is 0. The first-order chi connectivity index (χ1) is 11.5. The minimum Gasteiger partial charge on any atom is -0.507 e. The number of hydrogen-bond acceptors (Lipinski definition) is 2. The second-order valence-electron chi connectivity index (χ2n) is 6.37. The fraction of sp³-hybridized carbons (Fsp3) is 0.273. The minimum absolute atomic E-state index is 0.257. The van der Waals surface area contributed by atoms with Crippen LogP contribution in [0.2, 0.25) is 0 Å². The van der Waals surface area contributed by atoms with Gasteiger partial charge in [0.15, 0.2) is 0 Å². The van der Waals surface area contributed by atoms with Crippen molar-refractivity contribution in [2.75, 3.05) is 6.61 Å². The Morgan fingerprint density at radius 3 is 2.12 bits per heavy atom. The highest BCUT2D eigenvalue weighted by atomic mass is 16.5. The highest BCUT2D eigenvalue weighted by Crippen LogP contribution is 2.37. The van der Waals surface area contributed by atoms with Crippen LogP contribution in [0.1, 0.15) is 25.0 Å². The molecule has 0 saturated heterocycles. The third-order valence-corrected chi connectivity index (χ3v) is 3.73. The minimum atomic E-state index is 0.257. The Hall–Kier alpha value is -2.48. The molecule has 2 heteroatoms. The number of phenolic OH excluding ortho intramolecular Hbond substituents is 1. The van der Waals surface area contributed by atoms with E-state index in [9.17, 15) is 5.11 Å². The molecule has 2 aromatic rings. The Labute approximate surface area is 145 Å². The van der Waals surface area contributed by atoms with Crippen molar-refractivity contribution < 1.29 is 9.84 Å². The quantitative estimate of drug-likeness (QED) is 0.646. The molecule has 2 rings (SSSR count). The number of rotatable bonds is 8. The lowest BCUT2D eigenvalue weighted by Crippen LogP contribution is -2.05. The molecule has 0 aliphatic heterocycles. The van der Waals surface area contributed by atoms with Crippen LogP contribution in [0.5, 0.6) is 11.5 Å². The van der Waals surface area contributed by atoms with Crippen LogP contribution in [0.15, 0.2) is 61.7 Å². The Kier molecular flexibility index (Phi) is 6.25. The van der Waals surface area contributed by atoms with E-state index in [4.69, 9.17) is 4.74 Å². The fourth-order valence-electron chi connectivity index (χ4n) is 2.56. The Bertz CT molecular complexity index is 714. The van der Waals surface area contributed by atoms with E-state index >= 15 is 0 Å². The van der Waals surface area contributed by atoms with Gasteiger partial charge in [-0.15, -0.1) is 13.2 Å². The number of hydrogen-bond donors (Lipinski definition) is 1. The first kappa shape index (κ1) is 17.9. The van der Waals surface area contributed by atoms with E-state index < -0.39 is 0 Å². The molecule has 0 amide bonds. The molecule has 0 aliphatic carbocycles. The van der Waals surface area contributed by atoms with Gasteiger partial charge in [0, 0.05) is 11.1 Å². The zero-order chi connectivity index (χ0) is 17.5. The van der Waals surface area contributed by atoms with Crippen molar-refractivity contribution in [1.82, 2.24) is 0 Å². The van der Waals surface area contributed by atoms with Crippen LogP contribution < -0.4 is 4.74 Å². The monoisotopic (exact) mass is 322 g/mol. The molecule has 24 heavy (non-hydrogen) atoms. The summed E-state index contributed by atoms with van der Waals surface area (Å²) in [5, 5.41) is 10.4. The van der Waals surface area contributed by atoms with Crippen molar-refractivity contribution in [3.05, 3.63) is 72.8 Å². The SMILES string of the molecule is C=CCc1ccc(O)c(-c2cc(CC=C)ccc2OCC(C)C)c1. The molecular weight excluding hydrogens is 296 g/mol. The standard InChI is InChI=1S/C22H26O2/c1-5-7-17-9-11-21(23)19(13-17)20-14-18(8-6-2)10-12-22(20)24-15-16(3)4/h5-6,9-14,16,23H,1-2,7-8,15H2,3-4H3. The zero-order valence-corrected chi connectivity index (χ0v) is 14.6. The lowest BCUT2D eigenvalue weighted by molar-refractivity contribution is 0.272. The molecule has 0 saturated carbocycles. The van der Waals surface area contributed by atoms with Gasteiger partial charge in [-0.05, 0) is 54.2 Å². The van der Waals surface area contributed by atoms with E-state index in [-0.39, 0.29) is 5.75 Å². The molecular formula is C22H26O2. The summed E-state index contributed by atoms with van der Waals surface area (Å²) in [5.41, 5.74) is 3.96. The van der Waals surface area contributed by atoms with Crippen molar-refractivity contribution in [3.63, 3.8) is 0 Å². The van der Waals surface area contributed by atoms with Gasteiger partial charge in [-0.25, -0.2) is 0 Å². The normalized spacial score (nSPS) is 10.6. The third-order valence-electron chi connectivity index (χ3n) is 3.73. The van der Waals surface area contributed by atoms with Gasteiger partial charge in [-0.3, -0.25) is 0 Å². The van der Waals surface area contributed by atoms with Crippen molar-refractivity contribution in [3.8, 4) is 22.6 Å². The van der Waals surface area contributed by atoms with Gasteiger partial charge in [0.2, 0.25) is 0 Å². The molecule has 0 aliphatic rings. The van der Waals surface area contributed by atoms with Crippen LogP contribution in [0.3, 0.4) is 0 Å². The molecule has 1 N–H and O–H groups in total. The molecule has 2 nitrogen and oxygen atoms in total. The second kappa shape index (κ2) is 8.39. The number of allylic oxidation sites excluding steroid dienone is 2. The highest BCUT2D eigenvalue weighted by molar-refractivity contribution is 5.76. The van der Waals surface area contributed by atoms with Gasteiger partial charge in [0.05, 0.1) is 6.61 Å². The summed E-state index contributed by atoms with van der Waals surface area (Å²) in [7, 11) is 0. The molecule has 0 aromatic heterocycles. The topological polar surface area (TPSA) is 29.5 Å². The van der Waals surface area contributed by atoms with Crippen molar-refractivity contribution in [2.24, 2.45) is 5.92 Å². The van der Waals surface area contributed by atoms with Crippen LogP contribution in [-0.4, -0.2) is 11.7 Å². The first-order valence-corrected chi connectivity index (χ1v) is 8.35. The summed E-state index contributed by atoms with van der Waals surface area (Å²) in [6.45, 7) is 12.5. The average molecular weight is 322 g/mol. The largest absolute Gasteiger partial charge is 0.507 e. The van der Waals surface area contributed by atoms with Crippen LogP contribution in [0.25, 0.3) is 11.1 Å². The molecule has 0 fully saturated rings. The van der Waals surface area contributed by atoms with Gasteiger partial charge >= 0.3 is 0 Å². The summed E-state index contributed by atoms with van der Waals surface area (Å²) in [6.07, 6.45) is 5.29. The number of ether oxygens (including phenoxy) is 1. The maximum Gasteiger partial charge on any atom is 0.127 e. The van der Waals surface area contributed by atoms with Crippen LogP contribution in [0.4, 0.5) is 0 Å². The van der Waals surface area contributed by atoms with E-state index in [1.165, 1.54) is 0 Å². The number of phenols is 1. The molecule has 0 atom stereocenters. The Morgan fingerprint density at radius 2 is 1.54 bits per heavy atom. The lowest BCUT2D eigenvalue weighted by Gasteiger charge is -2.16. The smallest absolute Gasteiger partial charge is 0.127 e. The molecule has 0 bridgehead atoms. The van der Waals surface area contributed by atoms with Gasteiger partial charge < -0.3 is 9.84 Å². The zero-order valence-electron chi connectivity index (χ0n) is 14.6. The summed E-state index contributed by atoms with van der Waals surface area (Å²) < 4.78 is 5.98. The van der Waals surface area contributed by atoms with Crippen LogP contribution >= 0.6 is 0 Å². The summed E-state index contributed by atoms with van der Waals surface area (Å²) in [6, 6.07) is 11.8. The first-order valence-electron chi connectivity index (χ1n) is 8.35. The van der Waals surface area contributed by atoms with Crippen molar-refractivity contribution >= 4 is 0 Å². The van der Waals surface area contributed by atoms with Crippen molar-refractivity contribution in [2.45, 2.75) is 26.7 Å². The molecule has 0 heterocycles. The Morgan fingerprint density at radius 1 is 0.958 bits per heavy atom. The van der Waals surface area contributed by atoms with Gasteiger partial charge in [0.25, 0.3) is 0 Å². The maximum absolute atomic E-state index is 10.4. The predicted molar refractivity (Wildman–Crippen MR) is 102 cm³/mol. The maximum atomic E-state index is 10.4. The van der Waals surface area contributed by atoms with Crippen LogP contribution in [-0.2, 0) is 12.8 Å². The predicted octanol–water partition coefficient (Wildman–Crippen LogP) is 5.55. The summed E-state index contributed by atoms with van der Waals surface area (Å²) in [5.74, 6) is 1.49. The molecule has 2 aromatic carbocycles. The molecule has 126 valence electrons. The second-order valence-corrected chi connectivity index (χ2v) is 6.37. The molecule has 0 unspecified atom stereocenters. The van der Waals surface area contributed by atoms with E-state index in [0.29, 0.717) is 12.5 Å². The van der Waals surface area contributed by atoms with E-state index in [1.807, 2.05) is 36.4 Å². The van der Waals surface area contributed by atoms with Gasteiger partial charge in [0.1, 0.15) is 11.5 Å². The number of aromatic hydroxyl groups is 1. The molecule has 0 spiro atoms. The van der Waals surface area contributed by atoms with Crippen LogP contribution in [0, 0.1) is 5.92 Å². The van der Waals surface area contributed by atoms with E-state index in [1.54, 1.807) is 6.07 Å². The van der Waals surface area contributed by atoms with Gasteiger partial charge in [-0.1, -0.05) is 38.1 Å². The van der Waals surface area contributed by atoms with Crippen molar-refractivity contribution in [1.29, 1.82) is 0 Å². The molecule has 0 radical (unpaired) electrons. The average Bonchev–Trinajstić information content (AvgIpc) is 2.56.